The van der Waals surface area contributed by atoms with Gasteiger partial charge < -0.3 is 0 Å². The van der Waals surface area contributed by atoms with Gasteiger partial charge in [0.15, 0.2) is 0 Å². The quantitative estimate of drug-likeness (QED) is 0.743. The summed E-state index contributed by atoms with van der Waals surface area (Å²) in [6.07, 6.45) is 0. The number of aromatic nitrogens is 1. The maximum Gasteiger partial charge on any atom is 0.0900 e. The molecule has 0 fully saturated rings. The van der Waals surface area contributed by atoms with Gasteiger partial charge in [-0.05, 0) is 19.1 Å². The molecule has 0 unspecified atom stereocenters. The zero-order valence-corrected chi connectivity index (χ0v) is 9.68. The van der Waals surface area contributed by atoms with E-state index < -0.39 is 0 Å². The molecule has 1 aromatic heterocycles. The molecule has 0 aliphatic rings. The molecule has 0 N–H and O–H groups in total. The molecule has 3 heteroatoms. The minimum atomic E-state index is 0.715. The smallest absolute Gasteiger partial charge is 0.0900 e. The molecule has 0 amide bonds. The van der Waals surface area contributed by atoms with Crippen molar-refractivity contribution in [1.29, 1.82) is 0 Å². The van der Waals surface area contributed by atoms with Crippen molar-refractivity contribution in [2.75, 3.05) is 0 Å². The van der Waals surface area contributed by atoms with Gasteiger partial charge in [0, 0.05) is 10.6 Å². The van der Waals surface area contributed by atoms with Crippen LogP contribution >= 0.6 is 23.1 Å². The van der Waals surface area contributed by atoms with Crippen LogP contribution in [0.5, 0.6) is 0 Å². The SMILES string of the molecule is Cc1nc(C)c(CSC(C)C)s1. The fraction of sp³-hybridized carbons (Fsp3) is 0.667. The van der Waals surface area contributed by atoms with E-state index in [1.807, 2.05) is 23.1 Å². The number of nitrogens with zero attached hydrogens (tertiary/aromatic N) is 1. The van der Waals surface area contributed by atoms with E-state index in [0.717, 1.165) is 5.75 Å². The Kier molecular flexibility index (Phi) is 3.59. The second kappa shape index (κ2) is 4.28. The fourth-order valence-electron chi connectivity index (χ4n) is 0.950. The lowest BCUT2D eigenvalue weighted by Gasteiger charge is -2.02. The van der Waals surface area contributed by atoms with Gasteiger partial charge in [-0.25, -0.2) is 4.98 Å². The lowest BCUT2D eigenvalue weighted by atomic mass is 10.4. The summed E-state index contributed by atoms with van der Waals surface area (Å²) in [6, 6.07) is 0. The summed E-state index contributed by atoms with van der Waals surface area (Å²) in [4.78, 5) is 5.83. The minimum absolute atomic E-state index is 0.715. The Morgan fingerprint density at radius 2 is 2.08 bits per heavy atom. The van der Waals surface area contributed by atoms with Crippen LogP contribution in [0.15, 0.2) is 0 Å². The second-order valence-corrected chi connectivity index (χ2v) is 5.95. The van der Waals surface area contributed by atoms with Gasteiger partial charge in [0.25, 0.3) is 0 Å². The minimum Gasteiger partial charge on any atom is -0.247 e. The number of rotatable bonds is 3. The molecule has 1 nitrogen and oxygen atoms in total. The molecule has 0 bridgehead atoms. The first-order valence-corrected chi connectivity index (χ1v) is 6.00. The molecular weight excluding hydrogens is 186 g/mol. The van der Waals surface area contributed by atoms with Gasteiger partial charge in [-0.2, -0.15) is 11.8 Å². The average Bonchev–Trinajstić information content (AvgIpc) is 2.26. The highest BCUT2D eigenvalue weighted by atomic mass is 32.2. The van der Waals surface area contributed by atoms with E-state index in [-0.39, 0.29) is 0 Å². The van der Waals surface area contributed by atoms with Crippen LogP contribution in [-0.2, 0) is 5.75 Å². The third-order valence-electron chi connectivity index (χ3n) is 1.55. The van der Waals surface area contributed by atoms with Gasteiger partial charge >= 0.3 is 0 Å². The molecule has 68 valence electrons. The largest absolute Gasteiger partial charge is 0.247 e. The zero-order chi connectivity index (χ0) is 9.14. The highest BCUT2D eigenvalue weighted by molar-refractivity contribution is 7.99. The molecule has 1 heterocycles. The van der Waals surface area contributed by atoms with E-state index in [1.54, 1.807) is 0 Å². The van der Waals surface area contributed by atoms with Gasteiger partial charge in [0.1, 0.15) is 0 Å². The maximum atomic E-state index is 4.39. The van der Waals surface area contributed by atoms with Gasteiger partial charge in [-0.1, -0.05) is 13.8 Å². The summed E-state index contributed by atoms with van der Waals surface area (Å²) in [5, 5.41) is 1.90. The Morgan fingerprint density at radius 1 is 1.42 bits per heavy atom. The van der Waals surface area contributed by atoms with E-state index in [1.165, 1.54) is 15.6 Å². The van der Waals surface area contributed by atoms with Crippen LogP contribution in [0.3, 0.4) is 0 Å². The van der Waals surface area contributed by atoms with Gasteiger partial charge in [-0.15, -0.1) is 11.3 Å². The summed E-state index contributed by atoms with van der Waals surface area (Å²) in [5.41, 5.74) is 1.21. The summed E-state index contributed by atoms with van der Waals surface area (Å²) in [5.74, 6) is 1.12. The van der Waals surface area contributed by atoms with Crippen LogP contribution in [0.4, 0.5) is 0 Å². The predicted molar refractivity (Wildman–Crippen MR) is 58.0 cm³/mol. The van der Waals surface area contributed by atoms with E-state index >= 15 is 0 Å². The summed E-state index contributed by atoms with van der Waals surface area (Å²) < 4.78 is 0. The molecule has 0 aliphatic heterocycles. The van der Waals surface area contributed by atoms with Crippen molar-refractivity contribution in [2.24, 2.45) is 0 Å². The molecule has 0 radical (unpaired) electrons. The zero-order valence-electron chi connectivity index (χ0n) is 8.05. The Hall–Kier alpha value is -0.0200. The summed E-state index contributed by atoms with van der Waals surface area (Å²) >= 11 is 3.81. The van der Waals surface area contributed by atoms with Crippen molar-refractivity contribution in [1.82, 2.24) is 4.98 Å². The van der Waals surface area contributed by atoms with Crippen LogP contribution in [0.1, 0.15) is 29.4 Å². The second-order valence-electron chi connectivity index (χ2n) is 3.10. The van der Waals surface area contributed by atoms with Crippen LogP contribution in [0.2, 0.25) is 0 Å². The molecule has 0 aliphatic carbocycles. The standard InChI is InChI=1S/C9H15NS2/c1-6(2)11-5-9-7(3)10-8(4)12-9/h6H,5H2,1-4H3. The van der Waals surface area contributed by atoms with Gasteiger partial charge in [-0.3, -0.25) is 0 Å². The summed E-state index contributed by atoms with van der Waals surface area (Å²) in [6.45, 7) is 8.63. The van der Waals surface area contributed by atoms with Crippen molar-refractivity contribution < 1.29 is 0 Å². The molecular formula is C9H15NS2. The fourth-order valence-corrected chi connectivity index (χ4v) is 2.82. The molecule has 1 rings (SSSR count). The average molecular weight is 201 g/mol. The normalized spacial score (nSPS) is 11.1. The molecule has 1 aromatic rings. The first-order chi connectivity index (χ1) is 5.59. The Balaban J connectivity index is 2.57. The van der Waals surface area contributed by atoms with Crippen molar-refractivity contribution in [3.63, 3.8) is 0 Å². The third kappa shape index (κ3) is 2.79. The molecule has 12 heavy (non-hydrogen) atoms. The Labute approximate surface area is 82.6 Å². The highest BCUT2D eigenvalue weighted by Crippen LogP contribution is 2.24. The van der Waals surface area contributed by atoms with Crippen LogP contribution in [0, 0.1) is 13.8 Å². The highest BCUT2D eigenvalue weighted by Gasteiger charge is 2.05. The van der Waals surface area contributed by atoms with E-state index in [2.05, 4.69) is 32.7 Å². The maximum absolute atomic E-state index is 4.39. The summed E-state index contributed by atoms with van der Waals surface area (Å²) in [7, 11) is 0. The topological polar surface area (TPSA) is 12.9 Å². The Bertz CT molecular complexity index is 253. The lowest BCUT2D eigenvalue weighted by Crippen LogP contribution is -1.88. The van der Waals surface area contributed by atoms with Crippen LogP contribution < -0.4 is 0 Å². The number of hydrogen-bond donors (Lipinski definition) is 0. The van der Waals surface area contributed by atoms with Crippen molar-refractivity contribution in [3.05, 3.63) is 15.6 Å². The molecule has 0 spiro atoms. The molecule has 0 aromatic carbocycles. The van der Waals surface area contributed by atoms with Crippen LogP contribution in [-0.4, -0.2) is 10.2 Å². The van der Waals surface area contributed by atoms with E-state index in [0.29, 0.717) is 5.25 Å². The Morgan fingerprint density at radius 3 is 2.50 bits per heavy atom. The third-order valence-corrected chi connectivity index (χ3v) is 3.92. The number of aryl methyl sites for hydroxylation is 2. The predicted octanol–water partition coefficient (Wildman–Crippen LogP) is 3.40. The van der Waals surface area contributed by atoms with Gasteiger partial charge in [0.05, 0.1) is 10.7 Å². The van der Waals surface area contributed by atoms with Gasteiger partial charge in [0.2, 0.25) is 0 Å². The first kappa shape index (κ1) is 10.1. The monoisotopic (exact) mass is 201 g/mol. The van der Waals surface area contributed by atoms with Crippen molar-refractivity contribution in [2.45, 2.75) is 38.7 Å². The molecule has 0 atom stereocenters. The molecule has 0 saturated carbocycles. The van der Waals surface area contributed by atoms with Crippen LogP contribution in [0.25, 0.3) is 0 Å². The van der Waals surface area contributed by atoms with Crippen molar-refractivity contribution in [3.8, 4) is 0 Å². The number of thioether (sulfide) groups is 1. The molecule has 0 saturated heterocycles. The number of hydrogen-bond acceptors (Lipinski definition) is 3. The first-order valence-electron chi connectivity index (χ1n) is 4.14. The number of thiazole rings is 1. The van der Waals surface area contributed by atoms with E-state index in [4.69, 9.17) is 0 Å². The lowest BCUT2D eigenvalue weighted by molar-refractivity contribution is 1.10. The van der Waals surface area contributed by atoms with Crippen molar-refractivity contribution >= 4 is 23.1 Å². The van der Waals surface area contributed by atoms with E-state index in [9.17, 15) is 0 Å².